The Bertz CT molecular complexity index is 1830. The molecule has 1 unspecified atom stereocenters. The van der Waals surface area contributed by atoms with Crippen LogP contribution in [0.15, 0.2) is 83.1 Å². The maximum Gasteiger partial charge on any atom is 0.369 e. The van der Waals surface area contributed by atoms with Crippen molar-refractivity contribution < 1.29 is 32.2 Å². The second kappa shape index (κ2) is 16.2. The predicted molar refractivity (Wildman–Crippen MR) is 192 cm³/mol. The molecule has 1 N–H and O–H groups in total. The zero-order valence-electron chi connectivity index (χ0n) is 28.6. The lowest BCUT2D eigenvalue weighted by Gasteiger charge is -2.25. The van der Waals surface area contributed by atoms with Crippen LogP contribution in [0.5, 0.6) is 11.5 Å². The van der Waals surface area contributed by atoms with E-state index < -0.39 is 33.5 Å². The summed E-state index contributed by atoms with van der Waals surface area (Å²) in [6.07, 6.45) is 0.119. The smallest absolute Gasteiger partial charge is 0.369 e. The highest BCUT2D eigenvalue weighted by atomic mass is 35.5. The van der Waals surface area contributed by atoms with Crippen molar-refractivity contribution in [2.24, 2.45) is 0 Å². The van der Waals surface area contributed by atoms with E-state index in [0.29, 0.717) is 42.4 Å². The lowest BCUT2D eigenvalue weighted by atomic mass is 9.93. The number of amides is 1. The first-order valence-corrected chi connectivity index (χ1v) is 18.8. The molecular formula is C37H43ClN2O7S2. The Balaban J connectivity index is 1.36. The van der Waals surface area contributed by atoms with Gasteiger partial charge in [-0.25, -0.2) is 18.2 Å². The molecule has 49 heavy (non-hydrogen) atoms. The minimum absolute atomic E-state index is 0.0179. The van der Waals surface area contributed by atoms with Gasteiger partial charge in [-0.05, 0) is 93.8 Å². The lowest BCUT2D eigenvalue weighted by molar-refractivity contribution is -0.164. The quantitative estimate of drug-likeness (QED) is 0.104. The Labute approximate surface area is 297 Å². The molecule has 0 saturated heterocycles. The van der Waals surface area contributed by atoms with Gasteiger partial charge in [0.1, 0.15) is 17.1 Å². The van der Waals surface area contributed by atoms with Crippen molar-refractivity contribution in [2.75, 3.05) is 12.4 Å². The summed E-state index contributed by atoms with van der Waals surface area (Å²) >= 11 is 7.48. The van der Waals surface area contributed by atoms with E-state index in [1.54, 1.807) is 92.8 Å². The van der Waals surface area contributed by atoms with Crippen molar-refractivity contribution in [1.29, 1.82) is 0 Å². The molecule has 0 aliphatic carbocycles. The van der Waals surface area contributed by atoms with Crippen LogP contribution in [0.25, 0.3) is 0 Å². The van der Waals surface area contributed by atoms with Gasteiger partial charge in [0.15, 0.2) is 9.84 Å². The Morgan fingerprint density at radius 3 is 2.24 bits per heavy atom. The minimum atomic E-state index is -3.44. The number of thiazole rings is 1. The number of benzene rings is 3. The summed E-state index contributed by atoms with van der Waals surface area (Å²) in [6, 6.07) is 19.7. The maximum atomic E-state index is 13.3. The first-order chi connectivity index (χ1) is 23.0. The van der Waals surface area contributed by atoms with E-state index in [-0.39, 0.29) is 21.6 Å². The van der Waals surface area contributed by atoms with Gasteiger partial charge < -0.3 is 19.5 Å². The van der Waals surface area contributed by atoms with Gasteiger partial charge in [0.25, 0.3) is 12.1 Å². The maximum absolute atomic E-state index is 13.3. The number of carbonyl (C=O) groups is 2. The molecule has 0 radical (unpaired) electrons. The average Bonchev–Trinajstić information content (AvgIpc) is 3.51. The largest absolute Gasteiger partial charge is 0.493 e. The first kappa shape index (κ1) is 37.9. The molecule has 0 fully saturated rings. The Hall–Kier alpha value is -3.93. The van der Waals surface area contributed by atoms with Crippen LogP contribution in [0.1, 0.15) is 74.6 Å². The van der Waals surface area contributed by atoms with Crippen molar-refractivity contribution in [2.45, 2.75) is 82.9 Å². The third-order valence-electron chi connectivity index (χ3n) is 7.11. The number of carbonyl (C=O) groups excluding carboxylic acids is 2. The monoisotopic (exact) mass is 726 g/mol. The highest BCUT2D eigenvalue weighted by Gasteiger charge is 2.29. The van der Waals surface area contributed by atoms with Crippen LogP contribution in [-0.2, 0) is 37.6 Å². The number of hydrogen-bond acceptors (Lipinski definition) is 9. The fourth-order valence-electron chi connectivity index (χ4n) is 4.54. The average molecular weight is 727 g/mol. The Morgan fingerprint density at radius 1 is 0.918 bits per heavy atom. The third kappa shape index (κ3) is 11.9. The number of nitrogens with zero attached hydrogens (tertiary/aromatic N) is 1. The van der Waals surface area contributed by atoms with Gasteiger partial charge in [0.05, 0.1) is 28.0 Å². The molecule has 0 saturated carbocycles. The zero-order valence-corrected chi connectivity index (χ0v) is 31.0. The van der Waals surface area contributed by atoms with E-state index in [2.05, 4.69) is 31.5 Å². The summed E-state index contributed by atoms with van der Waals surface area (Å²) in [5, 5.41) is 6.16. The van der Waals surface area contributed by atoms with Gasteiger partial charge >= 0.3 is 5.97 Å². The molecular weight excluding hydrogens is 684 g/mol. The molecule has 4 aromatic rings. The number of nitrogens with one attached hydrogen (secondary N) is 1. The molecule has 1 amide bonds. The van der Waals surface area contributed by atoms with Gasteiger partial charge in [-0.2, -0.15) is 0 Å². The van der Waals surface area contributed by atoms with Gasteiger partial charge in [-0.15, -0.1) is 11.3 Å². The summed E-state index contributed by atoms with van der Waals surface area (Å²) < 4.78 is 42.7. The van der Waals surface area contributed by atoms with Crippen LogP contribution in [0.3, 0.4) is 0 Å². The number of rotatable bonds is 14. The number of hydrogen-bond donors (Lipinski definition) is 1. The lowest BCUT2D eigenvalue weighted by Crippen LogP contribution is -2.47. The van der Waals surface area contributed by atoms with Crippen molar-refractivity contribution in [3.8, 4) is 11.5 Å². The normalized spacial score (nSPS) is 12.6. The number of aryl methyl sites for hydroxylation is 1. The van der Waals surface area contributed by atoms with E-state index in [0.717, 1.165) is 16.3 Å². The molecule has 1 heterocycles. The van der Waals surface area contributed by atoms with Crippen LogP contribution < -0.4 is 14.8 Å². The predicted octanol–water partition coefficient (Wildman–Crippen LogP) is 7.60. The number of sulfone groups is 1. The standard InChI is InChI=1S/C37H43ClN2O7S2/c1-36(2,3)31-24-48-32(39-31)20-21-45-29-11-7-10-26(23-29)33(41)40-34(35(42)47-37(4,5)6)46-28-16-12-25(13-17-28)9-8-22-49(43,44)30-18-14-27(38)15-19-30/h7,10-19,23-24,34H,8-9,20-22H2,1-6H3,(H,40,41). The van der Waals surface area contributed by atoms with Crippen LogP contribution >= 0.6 is 22.9 Å². The van der Waals surface area contributed by atoms with Crippen molar-refractivity contribution in [1.82, 2.24) is 10.3 Å². The molecule has 9 nitrogen and oxygen atoms in total. The third-order valence-corrected chi connectivity index (χ3v) is 10.1. The van der Waals surface area contributed by atoms with E-state index in [1.165, 1.54) is 12.1 Å². The number of halogens is 1. The zero-order chi connectivity index (χ0) is 35.8. The molecule has 0 bridgehead atoms. The number of esters is 1. The summed E-state index contributed by atoms with van der Waals surface area (Å²) in [7, 11) is -3.44. The van der Waals surface area contributed by atoms with Crippen LogP contribution in [0.2, 0.25) is 5.02 Å². The first-order valence-electron chi connectivity index (χ1n) is 15.9. The van der Waals surface area contributed by atoms with Gasteiger partial charge in [-0.3, -0.25) is 4.79 Å². The SMILES string of the molecule is CC(C)(C)OC(=O)C(NC(=O)c1cccc(OCCc2nc(C(C)(C)C)cs2)c1)Oc1ccc(CCCS(=O)(=O)c2ccc(Cl)cc2)cc1. The second-order valence-corrected chi connectivity index (χ2v) is 17.0. The van der Waals surface area contributed by atoms with Gasteiger partial charge in [-0.1, -0.05) is 50.6 Å². The molecule has 0 aliphatic heterocycles. The van der Waals surface area contributed by atoms with E-state index >= 15 is 0 Å². The van der Waals surface area contributed by atoms with Gasteiger partial charge in [0.2, 0.25) is 0 Å². The second-order valence-electron chi connectivity index (χ2n) is 13.5. The van der Waals surface area contributed by atoms with Crippen LogP contribution in [0.4, 0.5) is 0 Å². The summed E-state index contributed by atoms with van der Waals surface area (Å²) in [6.45, 7) is 11.9. The van der Waals surface area contributed by atoms with Crippen LogP contribution in [0, 0.1) is 0 Å². The van der Waals surface area contributed by atoms with Gasteiger partial charge in [0, 0.05) is 27.8 Å². The highest BCUT2D eigenvalue weighted by Crippen LogP contribution is 2.25. The molecule has 0 aliphatic rings. The number of aromatic nitrogens is 1. The molecule has 1 atom stereocenters. The van der Waals surface area contributed by atoms with Crippen LogP contribution in [-0.4, -0.2) is 49.5 Å². The number of ether oxygens (including phenoxy) is 3. The van der Waals surface area contributed by atoms with E-state index in [1.807, 2.05) is 0 Å². The highest BCUT2D eigenvalue weighted by molar-refractivity contribution is 7.91. The fourth-order valence-corrected chi connectivity index (χ4v) is 6.99. The van der Waals surface area contributed by atoms with E-state index in [4.69, 9.17) is 30.8 Å². The Kier molecular flexibility index (Phi) is 12.5. The topological polar surface area (TPSA) is 121 Å². The summed E-state index contributed by atoms with van der Waals surface area (Å²) in [5.41, 5.74) is 1.37. The van der Waals surface area contributed by atoms with Crippen molar-refractivity contribution >= 4 is 44.7 Å². The Morgan fingerprint density at radius 2 is 1.61 bits per heavy atom. The van der Waals surface area contributed by atoms with E-state index in [9.17, 15) is 18.0 Å². The summed E-state index contributed by atoms with van der Waals surface area (Å²) in [4.78, 5) is 31.4. The molecule has 1 aromatic heterocycles. The minimum Gasteiger partial charge on any atom is -0.493 e. The molecule has 3 aromatic carbocycles. The molecule has 262 valence electrons. The van der Waals surface area contributed by atoms with Crippen molar-refractivity contribution in [3.63, 3.8) is 0 Å². The van der Waals surface area contributed by atoms with Crippen molar-refractivity contribution in [3.05, 3.63) is 105 Å². The molecule has 0 spiro atoms. The molecule has 4 rings (SSSR count). The summed E-state index contributed by atoms with van der Waals surface area (Å²) in [5.74, 6) is -0.498. The fraction of sp³-hybridized carbons (Fsp3) is 0.378. The molecule has 12 heteroatoms.